The second-order valence-corrected chi connectivity index (χ2v) is 5.58. The Kier molecular flexibility index (Phi) is 2.53. The number of aryl methyl sites for hydroxylation is 1. The summed E-state index contributed by atoms with van der Waals surface area (Å²) in [5.41, 5.74) is 3.01. The summed E-state index contributed by atoms with van der Waals surface area (Å²) in [6, 6.07) is 0. The standard InChI is InChI=1S/C14H22N2/c1-3-11-6-7-12-13(9-11)16-8-4-5-10(2)14(16)15-12/h10-11H,3-9H2,1-2H3. The molecular weight excluding hydrogens is 196 g/mol. The monoisotopic (exact) mass is 218 g/mol. The molecule has 2 heteroatoms. The summed E-state index contributed by atoms with van der Waals surface area (Å²) in [6.45, 7) is 5.88. The molecule has 0 saturated heterocycles. The molecule has 0 amide bonds. The zero-order valence-corrected chi connectivity index (χ0v) is 10.5. The normalized spacial score (nSPS) is 28.6. The van der Waals surface area contributed by atoms with Gasteiger partial charge in [0.2, 0.25) is 0 Å². The van der Waals surface area contributed by atoms with Crippen LogP contribution in [0.1, 0.15) is 62.7 Å². The fourth-order valence-electron chi connectivity index (χ4n) is 3.36. The van der Waals surface area contributed by atoms with Gasteiger partial charge in [0.25, 0.3) is 0 Å². The number of nitrogens with zero attached hydrogens (tertiary/aromatic N) is 2. The van der Waals surface area contributed by atoms with E-state index < -0.39 is 0 Å². The third-order valence-corrected chi connectivity index (χ3v) is 4.49. The van der Waals surface area contributed by atoms with Gasteiger partial charge in [-0.25, -0.2) is 4.98 Å². The zero-order chi connectivity index (χ0) is 11.1. The first kappa shape index (κ1) is 10.4. The topological polar surface area (TPSA) is 17.8 Å². The number of hydrogen-bond donors (Lipinski definition) is 0. The summed E-state index contributed by atoms with van der Waals surface area (Å²) >= 11 is 0. The fraction of sp³-hybridized carbons (Fsp3) is 0.786. The Morgan fingerprint density at radius 2 is 2.25 bits per heavy atom. The van der Waals surface area contributed by atoms with Crippen molar-refractivity contribution < 1.29 is 0 Å². The highest BCUT2D eigenvalue weighted by Gasteiger charge is 2.28. The van der Waals surface area contributed by atoms with Crippen LogP contribution < -0.4 is 0 Å². The highest BCUT2D eigenvalue weighted by Crippen LogP contribution is 2.34. The van der Waals surface area contributed by atoms with Crippen LogP contribution in [0.4, 0.5) is 0 Å². The third kappa shape index (κ3) is 1.50. The maximum atomic E-state index is 4.90. The molecule has 1 aromatic rings. The molecule has 0 spiro atoms. The van der Waals surface area contributed by atoms with E-state index >= 15 is 0 Å². The van der Waals surface area contributed by atoms with Crippen LogP contribution >= 0.6 is 0 Å². The van der Waals surface area contributed by atoms with Gasteiger partial charge in [-0.2, -0.15) is 0 Å². The van der Waals surface area contributed by atoms with Crippen LogP contribution in [0.3, 0.4) is 0 Å². The summed E-state index contributed by atoms with van der Waals surface area (Å²) in [5.74, 6) is 2.97. The van der Waals surface area contributed by atoms with E-state index in [4.69, 9.17) is 4.98 Å². The first-order valence-electron chi connectivity index (χ1n) is 6.87. The molecular formula is C14H22N2. The fourth-order valence-corrected chi connectivity index (χ4v) is 3.36. The molecule has 0 saturated carbocycles. The number of rotatable bonds is 1. The second-order valence-electron chi connectivity index (χ2n) is 5.58. The van der Waals surface area contributed by atoms with Crippen molar-refractivity contribution >= 4 is 0 Å². The van der Waals surface area contributed by atoms with Gasteiger partial charge in [0, 0.05) is 18.2 Å². The largest absolute Gasteiger partial charge is 0.332 e. The lowest BCUT2D eigenvalue weighted by Crippen LogP contribution is -2.19. The van der Waals surface area contributed by atoms with Gasteiger partial charge in [0.15, 0.2) is 0 Å². The van der Waals surface area contributed by atoms with E-state index in [-0.39, 0.29) is 0 Å². The smallest absolute Gasteiger partial charge is 0.112 e. The molecule has 2 aliphatic rings. The van der Waals surface area contributed by atoms with Crippen molar-refractivity contribution in [3.8, 4) is 0 Å². The van der Waals surface area contributed by atoms with Gasteiger partial charge in [0.05, 0.1) is 5.69 Å². The molecule has 2 unspecified atom stereocenters. The van der Waals surface area contributed by atoms with Gasteiger partial charge in [-0.3, -0.25) is 0 Å². The Morgan fingerprint density at radius 3 is 3.06 bits per heavy atom. The first-order chi connectivity index (χ1) is 7.79. The Bertz CT molecular complexity index is 392. The van der Waals surface area contributed by atoms with Crippen molar-refractivity contribution in [3.05, 3.63) is 17.2 Å². The SMILES string of the molecule is CCC1CCc2nc3n(c2C1)CCCC3C. The number of aromatic nitrogens is 2. The van der Waals surface area contributed by atoms with E-state index in [9.17, 15) is 0 Å². The quantitative estimate of drug-likeness (QED) is 0.707. The minimum absolute atomic E-state index is 0.680. The number of fused-ring (bicyclic) bond motifs is 3. The van der Waals surface area contributed by atoms with E-state index in [0.717, 1.165) is 5.92 Å². The Hall–Kier alpha value is -0.790. The van der Waals surface area contributed by atoms with Gasteiger partial charge in [-0.1, -0.05) is 20.3 Å². The predicted molar refractivity (Wildman–Crippen MR) is 65.7 cm³/mol. The zero-order valence-electron chi connectivity index (χ0n) is 10.5. The van der Waals surface area contributed by atoms with E-state index in [1.54, 1.807) is 5.69 Å². The van der Waals surface area contributed by atoms with Crippen molar-refractivity contribution in [2.75, 3.05) is 0 Å². The maximum Gasteiger partial charge on any atom is 0.112 e. The van der Waals surface area contributed by atoms with Gasteiger partial charge in [-0.15, -0.1) is 0 Å². The van der Waals surface area contributed by atoms with Crippen LogP contribution in [0.5, 0.6) is 0 Å². The van der Waals surface area contributed by atoms with Crippen LogP contribution in [-0.4, -0.2) is 9.55 Å². The molecule has 2 heterocycles. The third-order valence-electron chi connectivity index (χ3n) is 4.49. The minimum Gasteiger partial charge on any atom is -0.332 e. The summed E-state index contributed by atoms with van der Waals surface area (Å²) < 4.78 is 2.55. The lowest BCUT2D eigenvalue weighted by atomic mass is 9.88. The molecule has 3 rings (SSSR count). The highest BCUT2D eigenvalue weighted by atomic mass is 15.1. The van der Waals surface area contributed by atoms with E-state index in [1.165, 1.54) is 56.6 Å². The molecule has 0 bridgehead atoms. The predicted octanol–water partition coefficient (Wildman–Crippen LogP) is 3.30. The highest BCUT2D eigenvalue weighted by molar-refractivity contribution is 5.23. The molecule has 2 nitrogen and oxygen atoms in total. The first-order valence-corrected chi connectivity index (χ1v) is 6.87. The summed E-state index contributed by atoms with van der Waals surface area (Å²) in [7, 11) is 0. The van der Waals surface area contributed by atoms with Crippen LogP contribution in [-0.2, 0) is 19.4 Å². The Morgan fingerprint density at radius 1 is 1.38 bits per heavy atom. The van der Waals surface area contributed by atoms with Crippen LogP contribution in [0.25, 0.3) is 0 Å². The molecule has 16 heavy (non-hydrogen) atoms. The van der Waals surface area contributed by atoms with Crippen LogP contribution in [0, 0.1) is 5.92 Å². The average Bonchev–Trinajstić information content (AvgIpc) is 2.68. The molecule has 1 aromatic heterocycles. The van der Waals surface area contributed by atoms with Gasteiger partial charge >= 0.3 is 0 Å². The Labute approximate surface area is 98.1 Å². The lowest BCUT2D eigenvalue weighted by Gasteiger charge is -2.25. The van der Waals surface area contributed by atoms with Crippen LogP contribution in [0.2, 0.25) is 0 Å². The number of hydrogen-bond acceptors (Lipinski definition) is 1. The van der Waals surface area contributed by atoms with Gasteiger partial charge < -0.3 is 4.57 Å². The van der Waals surface area contributed by atoms with Crippen molar-refractivity contribution in [1.82, 2.24) is 9.55 Å². The summed E-state index contributed by atoms with van der Waals surface area (Å²) in [4.78, 5) is 4.90. The molecule has 0 fully saturated rings. The van der Waals surface area contributed by atoms with Gasteiger partial charge in [-0.05, 0) is 38.0 Å². The van der Waals surface area contributed by atoms with Crippen molar-refractivity contribution in [1.29, 1.82) is 0 Å². The van der Waals surface area contributed by atoms with E-state index in [1.807, 2.05) is 0 Å². The van der Waals surface area contributed by atoms with E-state index in [2.05, 4.69) is 18.4 Å². The van der Waals surface area contributed by atoms with Gasteiger partial charge in [0.1, 0.15) is 5.82 Å². The minimum atomic E-state index is 0.680. The summed E-state index contributed by atoms with van der Waals surface area (Å²) in [5, 5.41) is 0. The average molecular weight is 218 g/mol. The molecule has 2 atom stereocenters. The van der Waals surface area contributed by atoms with Crippen molar-refractivity contribution in [2.24, 2.45) is 5.92 Å². The molecule has 0 N–H and O–H groups in total. The van der Waals surface area contributed by atoms with Crippen LogP contribution in [0.15, 0.2) is 0 Å². The molecule has 1 aliphatic carbocycles. The van der Waals surface area contributed by atoms with Crippen molar-refractivity contribution in [3.63, 3.8) is 0 Å². The van der Waals surface area contributed by atoms with E-state index in [0.29, 0.717) is 5.92 Å². The Balaban J connectivity index is 1.99. The molecule has 0 aromatic carbocycles. The molecule has 0 radical (unpaired) electrons. The maximum absolute atomic E-state index is 4.90. The van der Waals surface area contributed by atoms with Crippen molar-refractivity contribution in [2.45, 2.75) is 64.8 Å². The lowest BCUT2D eigenvalue weighted by molar-refractivity contribution is 0.408. The summed E-state index contributed by atoms with van der Waals surface area (Å²) in [6.07, 6.45) is 7.86. The molecule has 1 aliphatic heterocycles. The number of imidazole rings is 1. The second kappa shape index (κ2) is 3.90. The molecule has 88 valence electrons.